The summed E-state index contributed by atoms with van der Waals surface area (Å²) in [5.74, 6) is 2.94. The van der Waals surface area contributed by atoms with Gasteiger partial charge in [0.2, 0.25) is 5.91 Å². The van der Waals surface area contributed by atoms with E-state index in [9.17, 15) is 4.79 Å². The maximum atomic E-state index is 13.1. The van der Waals surface area contributed by atoms with Crippen molar-refractivity contribution in [3.05, 3.63) is 41.7 Å². The molecule has 1 aromatic carbocycles. The van der Waals surface area contributed by atoms with Crippen LogP contribution in [0.3, 0.4) is 0 Å². The molecule has 1 aromatic heterocycles. The van der Waals surface area contributed by atoms with Crippen molar-refractivity contribution in [1.29, 1.82) is 0 Å². The van der Waals surface area contributed by atoms with Gasteiger partial charge in [0.05, 0.1) is 32.4 Å². The molecule has 2 aromatic rings. The average Bonchev–Trinajstić information content (AvgIpc) is 3.59. The van der Waals surface area contributed by atoms with E-state index in [4.69, 9.17) is 14.2 Å². The zero-order valence-corrected chi connectivity index (χ0v) is 18.1. The Bertz CT molecular complexity index is 981. The Morgan fingerprint density at radius 2 is 1.90 bits per heavy atom. The van der Waals surface area contributed by atoms with Crippen molar-refractivity contribution in [3.63, 3.8) is 0 Å². The monoisotopic (exact) mass is 423 g/mol. The first-order valence-electron chi connectivity index (χ1n) is 11.0. The first-order chi connectivity index (χ1) is 15.1. The molecule has 1 amide bonds. The lowest BCUT2D eigenvalue weighted by Gasteiger charge is -2.38. The summed E-state index contributed by atoms with van der Waals surface area (Å²) in [4.78, 5) is 19.7. The summed E-state index contributed by atoms with van der Waals surface area (Å²) in [5.41, 5.74) is 2.52. The number of rotatable bonds is 7. The Hall–Kier alpha value is -2.80. The number of benzene rings is 1. The second-order valence-electron chi connectivity index (χ2n) is 8.85. The number of nitrogens with zero attached hydrogens (tertiary/aromatic N) is 2. The van der Waals surface area contributed by atoms with E-state index in [0.29, 0.717) is 24.0 Å². The maximum absolute atomic E-state index is 13.1. The van der Waals surface area contributed by atoms with E-state index in [1.54, 1.807) is 20.4 Å². The van der Waals surface area contributed by atoms with Crippen molar-refractivity contribution < 1.29 is 19.0 Å². The van der Waals surface area contributed by atoms with Gasteiger partial charge in [0.15, 0.2) is 11.5 Å². The summed E-state index contributed by atoms with van der Waals surface area (Å²) >= 11 is 0. The molecule has 0 bridgehead atoms. The number of aromatic nitrogens is 1. The van der Waals surface area contributed by atoms with Gasteiger partial charge in [-0.2, -0.15) is 0 Å². The fourth-order valence-corrected chi connectivity index (χ4v) is 4.70. The Morgan fingerprint density at radius 3 is 2.61 bits per heavy atom. The van der Waals surface area contributed by atoms with E-state index >= 15 is 0 Å². The molecule has 5 rings (SSSR count). The number of methoxy groups -OCH3 is 2. The molecule has 3 aliphatic rings. The highest BCUT2D eigenvalue weighted by Crippen LogP contribution is 2.49. The second kappa shape index (κ2) is 8.04. The number of fused-ring (bicyclic) bond motifs is 2. The molecule has 0 unspecified atom stereocenters. The van der Waals surface area contributed by atoms with Gasteiger partial charge < -0.3 is 19.5 Å². The van der Waals surface area contributed by atoms with Crippen LogP contribution in [0.15, 0.2) is 30.6 Å². The molecule has 0 radical (unpaired) electrons. The highest BCUT2D eigenvalue weighted by molar-refractivity contribution is 6.06. The van der Waals surface area contributed by atoms with Crippen LogP contribution in [0, 0.1) is 5.92 Å². The Balaban J connectivity index is 1.32. The molecule has 1 aliphatic carbocycles. The molecule has 7 heteroatoms. The van der Waals surface area contributed by atoms with E-state index in [1.807, 2.05) is 24.4 Å². The van der Waals surface area contributed by atoms with Crippen LogP contribution in [0.1, 0.15) is 36.8 Å². The topological polar surface area (TPSA) is 72.9 Å². The molecule has 2 aliphatic heterocycles. The smallest absolute Gasteiger partial charge is 0.235 e. The fraction of sp³-hybridized carbons (Fsp3) is 0.500. The molecule has 7 nitrogen and oxygen atoms in total. The van der Waals surface area contributed by atoms with Gasteiger partial charge in [-0.15, -0.1) is 0 Å². The van der Waals surface area contributed by atoms with Crippen LogP contribution < -0.4 is 19.5 Å². The molecule has 164 valence electrons. The number of pyridine rings is 1. The van der Waals surface area contributed by atoms with E-state index < -0.39 is 5.41 Å². The minimum Gasteiger partial charge on any atom is -0.495 e. The van der Waals surface area contributed by atoms with Crippen molar-refractivity contribution in [2.75, 3.05) is 39.2 Å². The van der Waals surface area contributed by atoms with Gasteiger partial charge in [0.1, 0.15) is 5.75 Å². The third-order valence-corrected chi connectivity index (χ3v) is 6.79. The fourth-order valence-electron chi connectivity index (χ4n) is 4.70. The summed E-state index contributed by atoms with van der Waals surface area (Å²) in [7, 11) is 3.31. The SMILES string of the molecule is COc1cncc(CN2CCC3(CC2)C(=O)Nc2cc(OCC4CC4)c(OC)cc23)c1. The molecule has 2 fully saturated rings. The van der Waals surface area contributed by atoms with Gasteiger partial charge in [-0.3, -0.25) is 14.7 Å². The van der Waals surface area contributed by atoms with Crippen LogP contribution in [0.2, 0.25) is 0 Å². The van der Waals surface area contributed by atoms with Crippen molar-refractivity contribution >= 4 is 11.6 Å². The number of likely N-dealkylation sites (tertiary alicyclic amines) is 1. The van der Waals surface area contributed by atoms with Crippen LogP contribution in [-0.4, -0.2) is 49.7 Å². The molecular weight excluding hydrogens is 394 g/mol. The molecule has 1 saturated heterocycles. The van der Waals surface area contributed by atoms with Crippen LogP contribution in [0.5, 0.6) is 17.2 Å². The number of ether oxygens (including phenoxy) is 3. The zero-order chi connectivity index (χ0) is 21.4. The summed E-state index contributed by atoms with van der Waals surface area (Å²) in [5, 5.41) is 3.11. The number of amides is 1. The highest BCUT2D eigenvalue weighted by Gasteiger charge is 2.49. The quantitative estimate of drug-likeness (QED) is 0.736. The Morgan fingerprint density at radius 1 is 1.10 bits per heavy atom. The van der Waals surface area contributed by atoms with Crippen LogP contribution >= 0.6 is 0 Å². The van der Waals surface area contributed by atoms with Crippen molar-refractivity contribution in [3.8, 4) is 17.2 Å². The molecule has 31 heavy (non-hydrogen) atoms. The van der Waals surface area contributed by atoms with Gasteiger partial charge in [0.25, 0.3) is 0 Å². The summed E-state index contributed by atoms with van der Waals surface area (Å²) in [6.07, 6.45) is 7.59. The van der Waals surface area contributed by atoms with Gasteiger partial charge in [0, 0.05) is 24.5 Å². The molecule has 1 spiro atoms. The van der Waals surface area contributed by atoms with Crippen molar-refractivity contribution in [2.24, 2.45) is 5.92 Å². The van der Waals surface area contributed by atoms with Crippen molar-refractivity contribution in [1.82, 2.24) is 9.88 Å². The lowest BCUT2D eigenvalue weighted by molar-refractivity contribution is -0.122. The van der Waals surface area contributed by atoms with E-state index in [1.165, 1.54) is 12.8 Å². The van der Waals surface area contributed by atoms with E-state index in [0.717, 1.165) is 55.0 Å². The summed E-state index contributed by atoms with van der Waals surface area (Å²) in [6, 6.07) is 5.97. The highest BCUT2D eigenvalue weighted by atomic mass is 16.5. The average molecular weight is 424 g/mol. The first-order valence-corrected chi connectivity index (χ1v) is 11.0. The van der Waals surface area contributed by atoms with Gasteiger partial charge >= 0.3 is 0 Å². The van der Waals surface area contributed by atoms with Crippen LogP contribution in [0.25, 0.3) is 0 Å². The second-order valence-corrected chi connectivity index (χ2v) is 8.85. The van der Waals surface area contributed by atoms with Gasteiger partial charge in [-0.1, -0.05) is 0 Å². The number of carbonyl (C=O) groups is 1. The largest absolute Gasteiger partial charge is 0.495 e. The molecule has 1 N–H and O–H groups in total. The van der Waals surface area contributed by atoms with Crippen LogP contribution in [-0.2, 0) is 16.8 Å². The number of hydrogen-bond donors (Lipinski definition) is 1. The normalized spacial score (nSPS) is 19.7. The van der Waals surface area contributed by atoms with E-state index in [-0.39, 0.29) is 5.91 Å². The number of anilines is 1. The zero-order valence-electron chi connectivity index (χ0n) is 18.1. The third-order valence-electron chi connectivity index (χ3n) is 6.79. The lowest BCUT2D eigenvalue weighted by atomic mass is 9.73. The molecular formula is C24H29N3O4. The van der Waals surface area contributed by atoms with Gasteiger partial charge in [-0.05, 0) is 68.0 Å². The molecule has 3 heterocycles. The summed E-state index contributed by atoms with van der Waals surface area (Å²) < 4.78 is 16.9. The van der Waals surface area contributed by atoms with Crippen molar-refractivity contribution in [2.45, 2.75) is 37.6 Å². The van der Waals surface area contributed by atoms with Gasteiger partial charge in [-0.25, -0.2) is 0 Å². The Kier molecular flexibility index (Phi) is 5.22. The van der Waals surface area contributed by atoms with E-state index in [2.05, 4.69) is 15.2 Å². The molecule has 1 saturated carbocycles. The minimum atomic E-state index is -0.499. The standard InChI is InChI=1S/C24H29N3O4/c1-29-18-9-17(12-25-13-18)14-27-7-5-24(6-8-27)19-10-21(30-2)22(31-15-16-3-4-16)11-20(19)26-23(24)28/h9-13,16H,3-8,14-15H2,1-2H3,(H,26,28). The lowest BCUT2D eigenvalue weighted by Crippen LogP contribution is -2.46. The predicted molar refractivity (Wildman–Crippen MR) is 117 cm³/mol. The maximum Gasteiger partial charge on any atom is 0.235 e. The minimum absolute atomic E-state index is 0.0894. The first kappa shape index (κ1) is 20.1. The summed E-state index contributed by atoms with van der Waals surface area (Å²) in [6.45, 7) is 3.19. The number of piperidine rings is 1. The number of nitrogens with one attached hydrogen (secondary N) is 1. The van der Waals surface area contributed by atoms with Crippen LogP contribution in [0.4, 0.5) is 5.69 Å². The number of hydrogen-bond acceptors (Lipinski definition) is 6. The Labute approximate surface area is 182 Å². The number of carbonyl (C=O) groups excluding carboxylic acids is 1. The molecule has 0 atom stereocenters. The predicted octanol–water partition coefficient (Wildman–Crippen LogP) is 3.37. The third kappa shape index (κ3) is 3.82.